The van der Waals surface area contributed by atoms with Crippen molar-refractivity contribution >= 4 is 34.8 Å². The van der Waals surface area contributed by atoms with Gasteiger partial charge in [0.05, 0.1) is 22.8 Å². The van der Waals surface area contributed by atoms with Gasteiger partial charge in [-0.1, -0.05) is 23.7 Å². The highest BCUT2D eigenvalue weighted by Crippen LogP contribution is 2.26. The Bertz CT molecular complexity index is 722. The fourth-order valence-corrected chi connectivity index (χ4v) is 1.91. The minimum Gasteiger partial charge on any atom is -0.324 e. The number of hydrogen-bond acceptors (Lipinski definition) is 3. The van der Waals surface area contributed by atoms with Crippen LogP contribution in [0.3, 0.4) is 0 Å². The topological polar surface area (TPSA) is 84.2 Å². The van der Waals surface area contributed by atoms with Crippen molar-refractivity contribution in [3.05, 3.63) is 58.9 Å². The number of amides is 2. The first-order valence-corrected chi connectivity index (χ1v) is 6.74. The largest absolute Gasteiger partial charge is 0.324 e. The maximum absolute atomic E-state index is 13.6. The van der Waals surface area contributed by atoms with Crippen LogP contribution in [-0.4, -0.2) is 18.4 Å². The molecule has 0 heterocycles. The zero-order chi connectivity index (χ0) is 16.1. The molecule has 0 spiro atoms. The Morgan fingerprint density at radius 2 is 1.86 bits per heavy atom. The summed E-state index contributed by atoms with van der Waals surface area (Å²) in [6.45, 7) is -0.192. The number of nitrogens with one attached hydrogen (secondary N) is 2. The number of benzene rings is 2. The molecule has 0 atom stereocenters. The summed E-state index contributed by atoms with van der Waals surface area (Å²) in [5.41, 5.74) is 5.81. The molecule has 7 heteroatoms. The molecule has 22 heavy (non-hydrogen) atoms. The summed E-state index contributed by atoms with van der Waals surface area (Å²) in [4.78, 5) is 23.3. The van der Waals surface area contributed by atoms with E-state index in [-0.39, 0.29) is 12.1 Å². The Kier molecular flexibility index (Phi) is 5.08. The minimum absolute atomic E-state index is 0.0787. The quantitative estimate of drug-likeness (QED) is 0.809. The molecule has 0 fully saturated rings. The van der Waals surface area contributed by atoms with Crippen LogP contribution < -0.4 is 16.4 Å². The van der Waals surface area contributed by atoms with Crippen molar-refractivity contribution in [3.8, 4) is 0 Å². The lowest BCUT2D eigenvalue weighted by Gasteiger charge is -2.10. The molecule has 114 valence electrons. The SMILES string of the molecule is NCC(=O)Nc1cc(NC(=O)c2ccccc2F)ccc1Cl. The van der Waals surface area contributed by atoms with Crippen LogP contribution in [0.4, 0.5) is 15.8 Å². The molecule has 2 aromatic rings. The van der Waals surface area contributed by atoms with E-state index in [4.69, 9.17) is 17.3 Å². The van der Waals surface area contributed by atoms with Crippen molar-refractivity contribution in [2.45, 2.75) is 0 Å². The summed E-state index contributed by atoms with van der Waals surface area (Å²) in [7, 11) is 0. The predicted octanol–water partition coefficient (Wildman–Crippen LogP) is 2.63. The standard InChI is InChI=1S/C15H13ClFN3O2/c16-11-6-5-9(7-13(11)20-14(21)8-18)19-15(22)10-3-1-2-4-12(10)17/h1-7H,8,18H2,(H,19,22)(H,20,21). The molecule has 2 amide bonds. The van der Waals surface area contributed by atoms with Gasteiger partial charge in [-0.05, 0) is 30.3 Å². The van der Waals surface area contributed by atoms with Crippen LogP contribution in [0.1, 0.15) is 10.4 Å². The number of carbonyl (C=O) groups is 2. The lowest BCUT2D eigenvalue weighted by molar-refractivity contribution is -0.114. The van der Waals surface area contributed by atoms with E-state index in [1.165, 1.54) is 30.3 Å². The molecule has 0 aliphatic rings. The van der Waals surface area contributed by atoms with Gasteiger partial charge in [0.25, 0.3) is 5.91 Å². The zero-order valence-electron chi connectivity index (χ0n) is 11.4. The van der Waals surface area contributed by atoms with Crippen LogP contribution in [-0.2, 0) is 4.79 Å². The fourth-order valence-electron chi connectivity index (χ4n) is 1.74. The second kappa shape index (κ2) is 7.02. The van der Waals surface area contributed by atoms with Gasteiger partial charge in [-0.3, -0.25) is 9.59 Å². The van der Waals surface area contributed by atoms with E-state index in [0.29, 0.717) is 16.4 Å². The van der Waals surface area contributed by atoms with E-state index in [1.807, 2.05) is 0 Å². The smallest absolute Gasteiger partial charge is 0.258 e. The maximum atomic E-state index is 13.6. The molecule has 0 unspecified atom stereocenters. The molecule has 4 N–H and O–H groups in total. The number of halogens is 2. The van der Waals surface area contributed by atoms with E-state index < -0.39 is 17.6 Å². The number of carbonyl (C=O) groups excluding carboxylic acids is 2. The normalized spacial score (nSPS) is 10.1. The van der Waals surface area contributed by atoms with Gasteiger partial charge >= 0.3 is 0 Å². The fraction of sp³-hybridized carbons (Fsp3) is 0.0667. The molecule has 2 aromatic carbocycles. The molecule has 0 saturated heterocycles. The Labute approximate surface area is 131 Å². The molecule has 0 aliphatic heterocycles. The number of hydrogen-bond donors (Lipinski definition) is 3. The van der Waals surface area contributed by atoms with Gasteiger partial charge in [0.1, 0.15) is 5.82 Å². The van der Waals surface area contributed by atoms with Crippen LogP contribution in [0.2, 0.25) is 5.02 Å². The van der Waals surface area contributed by atoms with E-state index in [2.05, 4.69) is 10.6 Å². The van der Waals surface area contributed by atoms with Crippen molar-refractivity contribution in [2.75, 3.05) is 17.2 Å². The first-order chi connectivity index (χ1) is 10.5. The van der Waals surface area contributed by atoms with Crippen molar-refractivity contribution in [1.29, 1.82) is 0 Å². The average molecular weight is 322 g/mol. The molecule has 0 bridgehead atoms. The van der Waals surface area contributed by atoms with Gasteiger partial charge in [-0.15, -0.1) is 0 Å². The van der Waals surface area contributed by atoms with E-state index in [9.17, 15) is 14.0 Å². The molecule has 2 rings (SSSR count). The van der Waals surface area contributed by atoms with Crippen LogP contribution in [0.15, 0.2) is 42.5 Å². The van der Waals surface area contributed by atoms with Crippen molar-refractivity contribution < 1.29 is 14.0 Å². The lowest BCUT2D eigenvalue weighted by atomic mass is 10.2. The molecule has 0 aromatic heterocycles. The van der Waals surface area contributed by atoms with Gasteiger partial charge in [0.2, 0.25) is 5.91 Å². The number of anilines is 2. The molecule has 0 saturated carbocycles. The zero-order valence-corrected chi connectivity index (χ0v) is 12.2. The molecular weight excluding hydrogens is 309 g/mol. The summed E-state index contributed by atoms with van der Waals surface area (Å²) in [6.07, 6.45) is 0. The summed E-state index contributed by atoms with van der Waals surface area (Å²) in [6, 6.07) is 10.1. The summed E-state index contributed by atoms with van der Waals surface area (Å²) in [5, 5.41) is 5.34. The van der Waals surface area contributed by atoms with E-state index in [1.54, 1.807) is 12.1 Å². The second-order valence-electron chi connectivity index (χ2n) is 4.38. The van der Waals surface area contributed by atoms with Crippen molar-refractivity contribution in [2.24, 2.45) is 5.73 Å². The van der Waals surface area contributed by atoms with Crippen LogP contribution in [0, 0.1) is 5.82 Å². The third-order valence-electron chi connectivity index (χ3n) is 2.80. The first kappa shape index (κ1) is 15.9. The highest BCUT2D eigenvalue weighted by Gasteiger charge is 2.12. The summed E-state index contributed by atoms with van der Waals surface area (Å²) >= 11 is 5.95. The highest BCUT2D eigenvalue weighted by atomic mass is 35.5. The average Bonchev–Trinajstić information content (AvgIpc) is 2.50. The Morgan fingerprint density at radius 1 is 1.14 bits per heavy atom. The third-order valence-corrected chi connectivity index (χ3v) is 3.13. The van der Waals surface area contributed by atoms with E-state index >= 15 is 0 Å². The second-order valence-corrected chi connectivity index (χ2v) is 4.79. The minimum atomic E-state index is -0.620. The van der Waals surface area contributed by atoms with E-state index in [0.717, 1.165) is 0 Å². The van der Waals surface area contributed by atoms with Gasteiger partial charge in [-0.25, -0.2) is 4.39 Å². The Balaban J connectivity index is 2.20. The van der Waals surface area contributed by atoms with Crippen LogP contribution >= 0.6 is 11.6 Å². The first-order valence-electron chi connectivity index (χ1n) is 6.36. The van der Waals surface area contributed by atoms with Gasteiger partial charge < -0.3 is 16.4 Å². The van der Waals surface area contributed by atoms with Crippen molar-refractivity contribution in [3.63, 3.8) is 0 Å². The highest BCUT2D eigenvalue weighted by molar-refractivity contribution is 6.33. The summed E-state index contributed by atoms with van der Waals surface area (Å²) in [5.74, 6) is -1.64. The number of rotatable bonds is 4. The molecular formula is C15H13ClFN3O2. The van der Waals surface area contributed by atoms with Gasteiger partial charge in [0.15, 0.2) is 0 Å². The molecule has 5 nitrogen and oxygen atoms in total. The maximum Gasteiger partial charge on any atom is 0.258 e. The Morgan fingerprint density at radius 3 is 2.55 bits per heavy atom. The predicted molar refractivity (Wildman–Crippen MR) is 83.5 cm³/mol. The molecule has 0 aliphatic carbocycles. The number of nitrogens with two attached hydrogens (primary N) is 1. The van der Waals surface area contributed by atoms with Crippen molar-refractivity contribution in [1.82, 2.24) is 0 Å². The molecule has 0 radical (unpaired) electrons. The third kappa shape index (κ3) is 3.81. The lowest BCUT2D eigenvalue weighted by Crippen LogP contribution is -2.22. The van der Waals surface area contributed by atoms with Crippen LogP contribution in [0.25, 0.3) is 0 Å². The van der Waals surface area contributed by atoms with Crippen LogP contribution in [0.5, 0.6) is 0 Å². The van der Waals surface area contributed by atoms with Gasteiger partial charge in [-0.2, -0.15) is 0 Å². The Hall–Kier alpha value is -2.44. The monoisotopic (exact) mass is 321 g/mol. The summed E-state index contributed by atoms with van der Waals surface area (Å²) < 4.78 is 13.6. The van der Waals surface area contributed by atoms with Gasteiger partial charge in [0, 0.05) is 5.69 Å².